The molecule has 2 nitrogen and oxygen atoms in total. The van der Waals surface area contributed by atoms with Gasteiger partial charge in [0.2, 0.25) is 0 Å². The molecule has 32 valence electrons. The summed E-state index contributed by atoms with van der Waals surface area (Å²) >= 11 is 0. The zero-order valence-electron chi connectivity index (χ0n) is 3.36. The Kier molecular flexibility index (Phi) is 60.3. The fourth-order valence-corrected chi connectivity index (χ4v) is 0. The second-order valence-corrected chi connectivity index (χ2v) is 0.316. The van der Waals surface area contributed by atoms with Crippen LogP contribution in [0.3, 0.4) is 0 Å². The zero-order valence-corrected chi connectivity index (χ0v) is 6.50. The molecule has 0 heterocycles. The zero-order chi connectivity index (χ0) is 2.71. The van der Waals surface area contributed by atoms with Crippen LogP contribution in [-0.2, 0) is 0 Å². The van der Waals surface area contributed by atoms with Crippen molar-refractivity contribution in [3.05, 3.63) is 0 Å². The van der Waals surface area contributed by atoms with Crippen molar-refractivity contribution in [1.82, 2.24) is 6.15 Å². The molecule has 0 atom stereocenters. The van der Waals surface area contributed by atoms with E-state index in [1.807, 2.05) is 0 Å². The molecular weight excluding hydrogens is 194 g/mol. The Morgan fingerprint density at radius 3 is 1.60 bits per heavy atom. The molecule has 0 amide bonds. The van der Waals surface area contributed by atoms with Gasteiger partial charge in [0.1, 0.15) is 0 Å². The summed E-state index contributed by atoms with van der Waals surface area (Å²) in [6, 6.07) is 0. The molecule has 0 aromatic carbocycles. The Morgan fingerprint density at radius 1 is 1.60 bits per heavy atom. The van der Waals surface area contributed by atoms with E-state index in [0.29, 0.717) is 0 Å². The average Bonchev–Trinajstić information content (AvgIpc) is 0.918. The molecule has 0 aliphatic heterocycles. The predicted octanol–water partition coefficient (Wildman–Crippen LogP) is 0.161. The second kappa shape index (κ2) is 18.5. The van der Waals surface area contributed by atoms with Gasteiger partial charge in [-0.15, -0.1) is 0 Å². The third-order valence-electron chi connectivity index (χ3n) is 0. The van der Waals surface area contributed by atoms with E-state index < -0.39 is 0 Å². The Hall–Kier alpha value is 1.30. The van der Waals surface area contributed by atoms with Crippen LogP contribution in [0.15, 0.2) is 0 Å². The Bertz CT molecular complexity index is 9.61. The Labute approximate surface area is 65.9 Å². The molecular formula is C2H9CeNO. The third-order valence-corrected chi connectivity index (χ3v) is 0. The normalized spacial score (nSPS) is 3.60. The van der Waals surface area contributed by atoms with E-state index in [1.165, 1.54) is 0 Å². The largest absolute Gasteiger partial charge is 0.397 e. The van der Waals surface area contributed by atoms with Crippen LogP contribution in [0.1, 0.15) is 6.92 Å². The fraction of sp³-hybridized carbons (Fsp3) is 1.00. The van der Waals surface area contributed by atoms with Gasteiger partial charge in [0, 0.05) is 48.4 Å². The maximum atomic E-state index is 7.57. The van der Waals surface area contributed by atoms with Crippen LogP contribution in [-0.4, -0.2) is 11.7 Å². The molecule has 0 saturated heterocycles. The van der Waals surface area contributed by atoms with E-state index in [1.54, 1.807) is 6.92 Å². The molecule has 0 aromatic heterocycles. The topological polar surface area (TPSA) is 55.2 Å². The van der Waals surface area contributed by atoms with Crippen LogP contribution in [0.2, 0.25) is 0 Å². The summed E-state index contributed by atoms with van der Waals surface area (Å²) in [6.45, 7) is 1.93. The van der Waals surface area contributed by atoms with E-state index in [9.17, 15) is 0 Å². The first-order valence-corrected chi connectivity index (χ1v) is 1.02. The van der Waals surface area contributed by atoms with Crippen LogP contribution in [0.25, 0.3) is 0 Å². The number of aliphatic hydroxyl groups excluding tert-OH is 1. The van der Waals surface area contributed by atoms with Crippen molar-refractivity contribution in [2.75, 3.05) is 6.61 Å². The second-order valence-electron chi connectivity index (χ2n) is 0.316. The first-order valence-electron chi connectivity index (χ1n) is 1.02. The summed E-state index contributed by atoms with van der Waals surface area (Å²) in [5.41, 5.74) is 0. The van der Waals surface area contributed by atoms with Gasteiger partial charge in [0.15, 0.2) is 0 Å². The summed E-state index contributed by atoms with van der Waals surface area (Å²) in [5.74, 6) is 0. The molecule has 0 bridgehead atoms. The van der Waals surface area contributed by atoms with Gasteiger partial charge in [-0.2, -0.15) is 0 Å². The summed E-state index contributed by atoms with van der Waals surface area (Å²) in [5, 5.41) is 7.57. The number of hydrogen-bond acceptors (Lipinski definition) is 2. The van der Waals surface area contributed by atoms with Crippen LogP contribution in [0.4, 0.5) is 0 Å². The number of rotatable bonds is 0. The summed E-state index contributed by atoms with van der Waals surface area (Å²) in [6.07, 6.45) is 0. The average molecular weight is 203 g/mol. The van der Waals surface area contributed by atoms with E-state index in [-0.39, 0.29) is 54.5 Å². The summed E-state index contributed by atoms with van der Waals surface area (Å²) < 4.78 is 0. The first kappa shape index (κ1) is 16.3. The summed E-state index contributed by atoms with van der Waals surface area (Å²) in [4.78, 5) is 0. The van der Waals surface area contributed by atoms with E-state index in [4.69, 9.17) is 5.11 Å². The molecule has 0 aromatic rings. The molecule has 0 rings (SSSR count). The Morgan fingerprint density at radius 2 is 1.60 bits per heavy atom. The minimum Gasteiger partial charge on any atom is -0.397 e. The van der Waals surface area contributed by atoms with Crippen molar-refractivity contribution in [2.24, 2.45) is 0 Å². The third kappa shape index (κ3) is 34.2. The molecule has 0 aliphatic carbocycles. The van der Waals surface area contributed by atoms with Gasteiger partial charge in [0.25, 0.3) is 0 Å². The number of aliphatic hydroxyl groups is 1. The molecule has 5 heavy (non-hydrogen) atoms. The molecule has 0 radical (unpaired) electrons. The van der Waals surface area contributed by atoms with Gasteiger partial charge in [-0.3, -0.25) is 0 Å². The first-order chi connectivity index (χ1) is 1.41. The van der Waals surface area contributed by atoms with Gasteiger partial charge in [-0.1, -0.05) is 0 Å². The van der Waals surface area contributed by atoms with Crippen molar-refractivity contribution in [3.8, 4) is 0 Å². The number of hydrogen-bond donors (Lipinski definition) is 2. The van der Waals surface area contributed by atoms with E-state index >= 15 is 0 Å². The van der Waals surface area contributed by atoms with Crippen molar-refractivity contribution >= 4 is 0 Å². The SMILES string of the molecule is CCO.N.[Ce]. The molecule has 3 heteroatoms. The Balaban J connectivity index is -0.0000000200. The van der Waals surface area contributed by atoms with Crippen molar-refractivity contribution < 1.29 is 46.9 Å². The minimum absolute atomic E-state index is 0. The standard InChI is InChI=1S/C2H6O.Ce.H3N/c1-2-3;;/h3H,2H2,1H3;;1H3. The smallest absolute Gasteiger partial charge is 0.0402 e. The van der Waals surface area contributed by atoms with Crippen LogP contribution in [0.5, 0.6) is 0 Å². The van der Waals surface area contributed by atoms with Gasteiger partial charge in [-0.05, 0) is 6.92 Å². The van der Waals surface area contributed by atoms with Crippen molar-refractivity contribution in [3.63, 3.8) is 0 Å². The van der Waals surface area contributed by atoms with Crippen molar-refractivity contribution in [1.29, 1.82) is 0 Å². The van der Waals surface area contributed by atoms with Crippen LogP contribution < -0.4 is 6.15 Å². The molecule has 0 spiro atoms. The van der Waals surface area contributed by atoms with E-state index in [0.717, 1.165) is 0 Å². The van der Waals surface area contributed by atoms with Gasteiger partial charge >= 0.3 is 0 Å². The molecule has 0 aliphatic rings. The fourth-order valence-electron chi connectivity index (χ4n) is 0. The quantitative estimate of drug-likeness (QED) is 0.589. The summed E-state index contributed by atoms with van der Waals surface area (Å²) in [7, 11) is 0. The van der Waals surface area contributed by atoms with Crippen LogP contribution >= 0.6 is 0 Å². The van der Waals surface area contributed by atoms with Crippen LogP contribution in [0, 0.1) is 41.7 Å². The van der Waals surface area contributed by atoms with Gasteiger partial charge in [0.05, 0.1) is 0 Å². The van der Waals surface area contributed by atoms with Crippen molar-refractivity contribution in [2.45, 2.75) is 6.92 Å². The predicted molar refractivity (Wildman–Crippen MR) is 17.8 cm³/mol. The van der Waals surface area contributed by atoms with Gasteiger partial charge < -0.3 is 11.3 Å². The molecule has 4 N–H and O–H groups in total. The molecule has 0 unspecified atom stereocenters. The minimum atomic E-state index is 0. The molecule has 0 fully saturated rings. The van der Waals surface area contributed by atoms with E-state index in [2.05, 4.69) is 0 Å². The monoisotopic (exact) mass is 203 g/mol. The maximum Gasteiger partial charge on any atom is 0.0402 e. The maximum absolute atomic E-state index is 7.57. The van der Waals surface area contributed by atoms with Gasteiger partial charge in [-0.25, -0.2) is 0 Å². The molecule has 0 saturated carbocycles.